The van der Waals surface area contributed by atoms with E-state index < -0.39 is 11.7 Å². The Morgan fingerprint density at radius 1 is 1.21 bits per heavy atom. The van der Waals surface area contributed by atoms with Crippen molar-refractivity contribution in [3.05, 3.63) is 59.2 Å². The number of aromatic nitrogens is 2. The van der Waals surface area contributed by atoms with Crippen molar-refractivity contribution in [3.63, 3.8) is 0 Å². The molecule has 5 nitrogen and oxygen atoms in total. The molecule has 1 aliphatic heterocycles. The molecule has 0 bridgehead atoms. The molecule has 2 aromatic rings. The summed E-state index contributed by atoms with van der Waals surface area (Å²) in [4.78, 5) is 10.9. The smallest absolute Gasteiger partial charge is 0.384 e. The van der Waals surface area contributed by atoms with Crippen molar-refractivity contribution in [3.8, 4) is 0 Å². The molecular formula is C20H24F3N3O2. The first-order chi connectivity index (χ1) is 13.4. The average Bonchev–Trinajstić information content (AvgIpc) is 2.67. The van der Waals surface area contributed by atoms with Gasteiger partial charge in [0, 0.05) is 51.1 Å². The average molecular weight is 395 g/mol. The molecule has 0 radical (unpaired) electrons. The highest BCUT2D eigenvalue weighted by molar-refractivity contribution is 5.26. The van der Waals surface area contributed by atoms with E-state index in [1.54, 1.807) is 13.2 Å². The van der Waals surface area contributed by atoms with Crippen LogP contribution in [-0.4, -0.2) is 54.4 Å². The normalized spacial score (nSPS) is 18.4. The van der Waals surface area contributed by atoms with Crippen LogP contribution in [0.3, 0.4) is 0 Å². The first-order valence-corrected chi connectivity index (χ1v) is 9.23. The molecule has 1 aliphatic rings. The molecule has 1 aromatic carbocycles. The van der Waals surface area contributed by atoms with E-state index >= 15 is 0 Å². The molecule has 3 rings (SSSR count). The molecule has 2 heterocycles. The van der Waals surface area contributed by atoms with E-state index in [4.69, 9.17) is 9.47 Å². The van der Waals surface area contributed by atoms with E-state index in [0.717, 1.165) is 24.0 Å². The van der Waals surface area contributed by atoms with Crippen LogP contribution in [0, 0.1) is 0 Å². The number of nitrogens with zero attached hydrogens (tertiary/aromatic N) is 3. The molecule has 1 aromatic heterocycles. The molecule has 0 amide bonds. The van der Waals surface area contributed by atoms with E-state index in [0.29, 0.717) is 44.7 Å². The van der Waals surface area contributed by atoms with Crippen molar-refractivity contribution < 1.29 is 22.6 Å². The molecular weight excluding hydrogens is 371 g/mol. The van der Waals surface area contributed by atoms with Crippen molar-refractivity contribution in [2.45, 2.75) is 31.7 Å². The molecule has 0 unspecified atom stereocenters. The maximum atomic E-state index is 12.9. The number of morpholine rings is 1. The summed E-state index contributed by atoms with van der Waals surface area (Å²) >= 11 is 0. The topological polar surface area (TPSA) is 47.5 Å². The van der Waals surface area contributed by atoms with Crippen LogP contribution in [0.15, 0.2) is 36.7 Å². The predicted molar refractivity (Wildman–Crippen MR) is 97.8 cm³/mol. The molecule has 28 heavy (non-hydrogen) atoms. The first-order valence-electron chi connectivity index (χ1n) is 9.23. The number of halogens is 3. The number of rotatable bonds is 7. The fraction of sp³-hybridized carbons (Fsp3) is 0.500. The Morgan fingerprint density at radius 2 is 2.00 bits per heavy atom. The molecule has 0 aliphatic carbocycles. The summed E-state index contributed by atoms with van der Waals surface area (Å²) in [5.41, 5.74) is 1.01. The number of methoxy groups -OCH3 is 1. The molecule has 152 valence electrons. The van der Waals surface area contributed by atoms with Crippen molar-refractivity contribution >= 4 is 0 Å². The van der Waals surface area contributed by atoms with Gasteiger partial charge >= 0.3 is 6.18 Å². The second-order valence-electron chi connectivity index (χ2n) is 6.88. The summed E-state index contributed by atoms with van der Waals surface area (Å²) in [5.74, 6) is 0.745. The second-order valence-corrected chi connectivity index (χ2v) is 6.88. The third kappa shape index (κ3) is 5.98. The van der Waals surface area contributed by atoms with Crippen LogP contribution in [0.2, 0.25) is 0 Å². The number of hydrogen-bond donors (Lipinski definition) is 0. The monoisotopic (exact) mass is 395 g/mol. The van der Waals surface area contributed by atoms with Crippen LogP contribution in [0.5, 0.6) is 0 Å². The van der Waals surface area contributed by atoms with E-state index in [-0.39, 0.29) is 6.10 Å². The third-order valence-electron chi connectivity index (χ3n) is 4.64. The van der Waals surface area contributed by atoms with Gasteiger partial charge in [-0.15, -0.1) is 0 Å². The highest BCUT2D eigenvalue weighted by atomic mass is 19.4. The third-order valence-corrected chi connectivity index (χ3v) is 4.64. The molecule has 0 saturated carbocycles. The minimum Gasteiger partial charge on any atom is -0.384 e. The van der Waals surface area contributed by atoms with Gasteiger partial charge in [0.1, 0.15) is 5.82 Å². The summed E-state index contributed by atoms with van der Waals surface area (Å²) in [7, 11) is 1.64. The molecule has 1 fully saturated rings. The van der Waals surface area contributed by atoms with Gasteiger partial charge in [-0.25, -0.2) is 9.97 Å². The Kier molecular flexibility index (Phi) is 6.98. The molecule has 8 heteroatoms. The van der Waals surface area contributed by atoms with Crippen molar-refractivity contribution in [1.29, 1.82) is 0 Å². The Bertz CT molecular complexity index is 753. The van der Waals surface area contributed by atoms with Gasteiger partial charge in [0.15, 0.2) is 0 Å². The molecule has 1 saturated heterocycles. The summed E-state index contributed by atoms with van der Waals surface area (Å²) in [6, 6.07) is 5.45. The van der Waals surface area contributed by atoms with E-state index in [9.17, 15) is 13.2 Å². The number of benzene rings is 1. The minimum atomic E-state index is -4.33. The Hall–Kier alpha value is -2.03. The summed E-state index contributed by atoms with van der Waals surface area (Å²) in [6.07, 6.45) is 0.287. The fourth-order valence-corrected chi connectivity index (χ4v) is 3.23. The largest absolute Gasteiger partial charge is 0.416 e. The van der Waals surface area contributed by atoms with Crippen molar-refractivity contribution in [2.24, 2.45) is 0 Å². The molecule has 0 spiro atoms. The van der Waals surface area contributed by atoms with Gasteiger partial charge in [-0.1, -0.05) is 18.2 Å². The summed E-state index contributed by atoms with van der Waals surface area (Å²) < 4.78 is 49.5. The highest BCUT2D eigenvalue weighted by Crippen LogP contribution is 2.30. The zero-order valence-electron chi connectivity index (χ0n) is 15.8. The van der Waals surface area contributed by atoms with Crippen LogP contribution in [0.4, 0.5) is 13.2 Å². The highest BCUT2D eigenvalue weighted by Gasteiger charge is 2.30. The van der Waals surface area contributed by atoms with Crippen LogP contribution in [0.25, 0.3) is 0 Å². The van der Waals surface area contributed by atoms with E-state index in [1.807, 2.05) is 12.4 Å². The first kappa shape index (κ1) is 20.7. The van der Waals surface area contributed by atoms with Crippen molar-refractivity contribution in [2.75, 3.05) is 33.4 Å². The fourth-order valence-electron chi connectivity index (χ4n) is 3.23. The maximum absolute atomic E-state index is 12.9. The Morgan fingerprint density at radius 3 is 2.71 bits per heavy atom. The zero-order valence-corrected chi connectivity index (χ0v) is 15.8. The standard InChI is InChI=1S/C20H24F3N3O2/c1-27-7-5-19-24-11-16(12-25-19)13-26-6-8-28-18(14-26)10-15-3-2-4-17(9-15)20(21,22)23/h2-4,9,11-12,18H,5-8,10,13-14H2,1H3/t18-/m1/s1. The van der Waals surface area contributed by atoms with Gasteiger partial charge in [0.25, 0.3) is 0 Å². The lowest BCUT2D eigenvalue weighted by molar-refractivity contribution is -0.137. The van der Waals surface area contributed by atoms with E-state index in [1.165, 1.54) is 12.1 Å². The van der Waals surface area contributed by atoms with Gasteiger partial charge in [0.05, 0.1) is 24.9 Å². The van der Waals surface area contributed by atoms with Crippen LogP contribution in [-0.2, 0) is 35.0 Å². The summed E-state index contributed by atoms with van der Waals surface area (Å²) in [6.45, 7) is 3.25. The second kappa shape index (κ2) is 9.45. The Balaban J connectivity index is 1.55. The lowest BCUT2D eigenvalue weighted by Gasteiger charge is -2.33. The van der Waals surface area contributed by atoms with E-state index in [2.05, 4.69) is 14.9 Å². The number of alkyl halides is 3. The summed E-state index contributed by atoms with van der Waals surface area (Å²) in [5, 5.41) is 0. The quantitative estimate of drug-likeness (QED) is 0.721. The van der Waals surface area contributed by atoms with Crippen molar-refractivity contribution in [1.82, 2.24) is 14.9 Å². The van der Waals surface area contributed by atoms with Crippen LogP contribution in [0.1, 0.15) is 22.5 Å². The predicted octanol–water partition coefficient (Wildman–Crippen LogP) is 3.13. The Labute approximate surface area is 162 Å². The lowest BCUT2D eigenvalue weighted by atomic mass is 10.0. The zero-order chi connectivity index (χ0) is 20.0. The van der Waals surface area contributed by atoms with Gasteiger partial charge in [-0.3, -0.25) is 4.90 Å². The van der Waals surface area contributed by atoms with Gasteiger partial charge in [-0.05, 0) is 18.1 Å². The lowest BCUT2D eigenvalue weighted by Crippen LogP contribution is -2.42. The minimum absolute atomic E-state index is 0.140. The number of ether oxygens (including phenoxy) is 2. The number of hydrogen-bond acceptors (Lipinski definition) is 5. The molecule has 0 N–H and O–H groups in total. The van der Waals surface area contributed by atoms with Gasteiger partial charge in [0.2, 0.25) is 0 Å². The SMILES string of the molecule is COCCc1ncc(CN2CCO[C@H](Cc3cccc(C(F)(F)F)c3)C2)cn1. The van der Waals surface area contributed by atoms with Gasteiger partial charge < -0.3 is 9.47 Å². The molecule has 1 atom stereocenters. The van der Waals surface area contributed by atoms with Crippen LogP contribution >= 0.6 is 0 Å². The van der Waals surface area contributed by atoms with Crippen LogP contribution < -0.4 is 0 Å². The van der Waals surface area contributed by atoms with Gasteiger partial charge in [-0.2, -0.15) is 13.2 Å². The maximum Gasteiger partial charge on any atom is 0.416 e.